The molecule has 0 saturated carbocycles. The first-order chi connectivity index (χ1) is 49.3. The second-order valence-corrected chi connectivity index (χ2v) is 30.8. The Morgan fingerprint density at radius 2 is 0.962 bits per heavy atom. The van der Waals surface area contributed by atoms with Gasteiger partial charge in [-0.1, -0.05) is 143 Å². The number of ether oxygens (including phenoxy) is 1. The van der Waals surface area contributed by atoms with E-state index in [1.165, 1.54) is 78.6 Å². The molecule has 588 valence electrons. The van der Waals surface area contributed by atoms with E-state index in [2.05, 4.69) is 21.3 Å². The first-order valence-corrected chi connectivity index (χ1v) is 37.7. The number of likely N-dealkylation sites (N-methyl/N-ethyl adjacent to an activating group) is 6. The number of carbonyl (C=O) groups excluding carboxylic acids is 12. The summed E-state index contributed by atoms with van der Waals surface area (Å²) in [5, 5.41) is 33.1. The lowest BCUT2D eigenvalue weighted by molar-refractivity contribution is -0.152. The number of likely N-dealkylation sites (tertiary alicyclic amines) is 1. The summed E-state index contributed by atoms with van der Waals surface area (Å²) in [5.74, 6) is -10.8. The number of unbranched alkanes of at least 4 members (excludes halogenated alkanes) is 1. The summed E-state index contributed by atoms with van der Waals surface area (Å²) in [6, 6.07) is 3.70. The number of benzene rings is 2. The van der Waals surface area contributed by atoms with Crippen LogP contribution in [0.1, 0.15) is 165 Å². The summed E-state index contributed by atoms with van der Waals surface area (Å²) >= 11 is 0. The molecule has 2 aliphatic rings. The van der Waals surface area contributed by atoms with Gasteiger partial charge in [0.25, 0.3) is 0 Å². The van der Waals surface area contributed by atoms with Gasteiger partial charge in [0.1, 0.15) is 60.4 Å². The van der Waals surface area contributed by atoms with E-state index >= 15 is 43.2 Å². The van der Waals surface area contributed by atoms with E-state index in [0.717, 1.165) is 11.3 Å². The van der Waals surface area contributed by atoms with E-state index in [-0.39, 0.29) is 69.4 Å². The van der Waals surface area contributed by atoms with E-state index in [0.29, 0.717) is 49.9 Å². The predicted octanol–water partition coefficient (Wildman–Crippen LogP) is 4.04. The van der Waals surface area contributed by atoms with Crippen molar-refractivity contribution < 1.29 is 72.5 Å². The molecule has 4 rings (SSSR count). The third-order valence-electron chi connectivity index (χ3n) is 19.8. The monoisotopic (exact) mass is 1470 g/mol. The van der Waals surface area contributed by atoms with Crippen LogP contribution in [-0.4, -0.2) is 275 Å². The summed E-state index contributed by atoms with van der Waals surface area (Å²) in [6.07, 6.45) is 0.304. The fraction of sp³-hybridized carbons (Fsp3) is 0.692. The van der Waals surface area contributed by atoms with E-state index in [1.54, 1.807) is 100 Å². The first kappa shape index (κ1) is 89.4. The fourth-order valence-corrected chi connectivity index (χ4v) is 13.7. The lowest BCUT2D eigenvalue weighted by Crippen LogP contribution is -2.63. The molecule has 27 nitrogen and oxygen atoms in total. The minimum absolute atomic E-state index is 0.0277. The number of aliphatic hydroxyl groups excluding tert-OH is 2. The van der Waals surface area contributed by atoms with Gasteiger partial charge in [0.05, 0.1) is 31.8 Å². The smallest absolute Gasteiger partial charge is 0.248 e. The molecule has 0 radical (unpaired) electrons. The van der Waals surface area contributed by atoms with Crippen molar-refractivity contribution in [3.63, 3.8) is 0 Å². The first-order valence-electron chi connectivity index (χ1n) is 37.7. The van der Waals surface area contributed by atoms with Crippen molar-refractivity contribution in [2.45, 2.75) is 240 Å². The highest BCUT2D eigenvalue weighted by atomic mass is 16.5. The molecular weight excluding hydrogens is 1340 g/mol. The van der Waals surface area contributed by atoms with E-state index in [4.69, 9.17) is 4.74 Å². The molecule has 1 unspecified atom stereocenters. The molecule has 2 fully saturated rings. The normalized spacial score (nSPS) is 24.8. The number of nitrogens with one attached hydrogen (secondary N) is 4. The average Bonchev–Trinajstić information content (AvgIpc) is 0.817. The summed E-state index contributed by atoms with van der Waals surface area (Å²) < 4.78 is 6.04. The molecule has 2 aromatic rings. The Morgan fingerprint density at radius 3 is 1.48 bits per heavy atom. The van der Waals surface area contributed by atoms with Crippen molar-refractivity contribution in [2.24, 2.45) is 29.6 Å². The second-order valence-electron chi connectivity index (χ2n) is 30.8. The number of amides is 12. The van der Waals surface area contributed by atoms with Gasteiger partial charge in [0.2, 0.25) is 70.9 Å². The van der Waals surface area contributed by atoms with Crippen LogP contribution in [0.25, 0.3) is 0 Å². The second kappa shape index (κ2) is 42.9. The number of hydrogen-bond donors (Lipinski definition) is 6. The van der Waals surface area contributed by atoms with Gasteiger partial charge in [-0.2, -0.15) is 0 Å². The van der Waals surface area contributed by atoms with Gasteiger partial charge in [0, 0.05) is 81.4 Å². The highest BCUT2D eigenvalue weighted by molar-refractivity contribution is 6.00. The van der Waals surface area contributed by atoms with Crippen molar-refractivity contribution >= 4 is 70.9 Å². The van der Waals surface area contributed by atoms with E-state index < -0.39 is 175 Å². The molecule has 2 aromatic carbocycles. The van der Waals surface area contributed by atoms with E-state index in [9.17, 15) is 24.6 Å². The van der Waals surface area contributed by atoms with Gasteiger partial charge in [-0.25, -0.2) is 0 Å². The highest BCUT2D eigenvalue weighted by Gasteiger charge is 2.45. The number of aliphatic hydroxyl groups is 2. The highest BCUT2D eigenvalue weighted by Crippen LogP contribution is 2.25. The van der Waals surface area contributed by atoms with Crippen LogP contribution in [0.3, 0.4) is 0 Å². The van der Waals surface area contributed by atoms with Gasteiger partial charge in [0.15, 0.2) is 0 Å². The SMILES string of the molecule is CCCCN1CC(=O)N(C)[C@@H](CC(C)C)C(=O)N[C@H](C(=O)N2CCCCC2)CC(=O)N(C)[C@@H](C(C)C)C(=O)N[C@@H](CC(C)C)C(=O)N(C)[C@@H](CC(C)C)C(=O)N(C)[C@@H](Cc2ccccc2)C(=O)N[C@@H](COCC[C@H](C)O)C(=O)N(C)[C@@H](Cc2ccccc2)C(=O)N(C)[C@@H](C(C)C)C(=O)N[C@@H](C(C)O)C1=O. The largest absolute Gasteiger partial charge is 0.393 e. The van der Waals surface area contributed by atoms with Crippen molar-refractivity contribution in [1.82, 2.24) is 60.5 Å². The molecule has 0 aromatic heterocycles. The molecule has 0 spiro atoms. The van der Waals surface area contributed by atoms with Crippen molar-refractivity contribution in [2.75, 3.05) is 81.7 Å². The third-order valence-corrected chi connectivity index (χ3v) is 19.8. The van der Waals surface area contributed by atoms with Gasteiger partial charge >= 0.3 is 0 Å². The quantitative estimate of drug-likeness (QED) is 0.0907. The van der Waals surface area contributed by atoms with Gasteiger partial charge in [-0.05, 0) is 106 Å². The predicted molar refractivity (Wildman–Crippen MR) is 401 cm³/mol. The summed E-state index contributed by atoms with van der Waals surface area (Å²) in [7, 11) is 8.44. The minimum Gasteiger partial charge on any atom is -0.393 e. The molecule has 6 N–H and O–H groups in total. The Bertz CT molecular complexity index is 3180. The molecule has 2 saturated heterocycles. The Kier molecular flexibility index (Phi) is 36.5. The van der Waals surface area contributed by atoms with Crippen LogP contribution in [-0.2, 0) is 75.1 Å². The minimum atomic E-state index is -1.69. The fourth-order valence-electron chi connectivity index (χ4n) is 13.7. The number of piperidine rings is 1. The molecule has 2 aliphatic heterocycles. The lowest BCUT2D eigenvalue weighted by Gasteiger charge is -2.39. The van der Waals surface area contributed by atoms with Crippen LogP contribution >= 0.6 is 0 Å². The molecule has 105 heavy (non-hydrogen) atoms. The van der Waals surface area contributed by atoms with E-state index in [1.807, 2.05) is 48.5 Å². The Balaban J connectivity index is 2.04. The average molecular weight is 1470 g/mol. The van der Waals surface area contributed by atoms with Gasteiger partial charge in [-0.3, -0.25) is 57.5 Å². The maximum atomic E-state index is 15.6. The Morgan fingerprint density at radius 1 is 0.495 bits per heavy atom. The molecule has 12 atom stereocenters. The zero-order chi connectivity index (χ0) is 78.9. The van der Waals surface area contributed by atoms with Crippen LogP contribution in [0.15, 0.2) is 60.7 Å². The van der Waals surface area contributed by atoms with Crippen LogP contribution < -0.4 is 21.3 Å². The third kappa shape index (κ3) is 26.5. The van der Waals surface area contributed by atoms with Crippen molar-refractivity contribution in [3.05, 3.63) is 71.8 Å². The van der Waals surface area contributed by atoms with Crippen LogP contribution in [0.5, 0.6) is 0 Å². The number of carbonyl (C=O) groups is 12. The topological polar surface area (TPSA) is 329 Å². The molecule has 0 bridgehead atoms. The standard InChI is InChI=1S/C78H126N12O15/c1-20-21-36-90-46-65(94)83(14)60(41-49(4)5)69(95)79-58(75(101)89-37-29-24-30-38-89)45-64(93)87(18)67(51(8)9)71(97)80-57(40-48(2)3)73(99)85(16)62(42-50(6)7)76(102)84(15)61(43-55-31-25-22-26-32-55)70(96)81-59(47-105-39-35-53(12)91)74(100)86(17)63(44-56-33-27-23-28-34-56)77(103)88(19)68(52(10)11)72(98)82-66(54(13)92)78(90)104/h22-23,25-28,31-34,48-54,57-63,66-68,91-92H,20-21,24,29-30,35-47H2,1-19H3,(H,79,95)(H,80,97)(H,81,96)(H,82,98)/t53-,54?,57-,58-,59-,60-,61-,62-,63-,66-,67-,68-/m0/s1. The molecular formula is C78H126N12O15. The zero-order valence-corrected chi connectivity index (χ0v) is 66.1. The molecule has 2 heterocycles. The van der Waals surface area contributed by atoms with Crippen LogP contribution in [0.2, 0.25) is 0 Å². The maximum absolute atomic E-state index is 15.6. The van der Waals surface area contributed by atoms with Gasteiger partial charge < -0.3 is 75.4 Å². The maximum Gasteiger partial charge on any atom is 0.248 e. The molecule has 27 heteroatoms. The van der Waals surface area contributed by atoms with Crippen LogP contribution in [0.4, 0.5) is 0 Å². The Labute approximate surface area is 623 Å². The molecule has 12 amide bonds. The number of rotatable bonds is 22. The summed E-state index contributed by atoms with van der Waals surface area (Å²) in [4.78, 5) is 192. The lowest BCUT2D eigenvalue weighted by atomic mass is 9.96. The number of nitrogens with zero attached hydrogens (tertiary/aromatic N) is 8. The summed E-state index contributed by atoms with van der Waals surface area (Å²) in [5.41, 5.74) is 1.23. The van der Waals surface area contributed by atoms with Crippen molar-refractivity contribution in [1.29, 1.82) is 0 Å². The van der Waals surface area contributed by atoms with Gasteiger partial charge in [-0.15, -0.1) is 0 Å². The Hall–Kier alpha value is -8.04. The van der Waals surface area contributed by atoms with Crippen molar-refractivity contribution in [3.8, 4) is 0 Å². The molecule has 0 aliphatic carbocycles. The number of hydrogen-bond acceptors (Lipinski definition) is 15. The summed E-state index contributed by atoms with van der Waals surface area (Å²) in [6.45, 7) is 22.2. The zero-order valence-electron chi connectivity index (χ0n) is 66.1. The van der Waals surface area contributed by atoms with Crippen LogP contribution in [0, 0.1) is 29.6 Å².